The lowest BCUT2D eigenvalue weighted by atomic mass is 9.81. The van der Waals surface area contributed by atoms with Crippen LogP contribution < -0.4 is 10.6 Å². The van der Waals surface area contributed by atoms with Crippen molar-refractivity contribution in [2.24, 2.45) is 5.41 Å². The van der Waals surface area contributed by atoms with Gasteiger partial charge in [0.2, 0.25) is 5.91 Å². The molecule has 1 saturated heterocycles. The highest BCUT2D eigenvalue weighted by molar-refractivity contribution is 5.77. The summed E-state index contributed by atoms with van der Waals surface area (Å²) < 4.78 is 4.75. The molecule has 0 unspecified atom stereocenters. The van der Waals surface area contributed by atoms with Crippen LogP contribution in [0.4, 0.5) is 0 Å². The third-order valence-corrected chi connectivity index (χ3v) is 2.80. The summed E-state index contributed by atoms with van der Waals surface area (Å²) in [5, 5.41) is 6.22. The normalized spacial score (nSPS) is 20.4. The predicted molar refractivity (Wildman–Crippen MR) is 55.1 cm³/mol. The van der Waals surface area contributed by atoms with Gasteiger partial charge in [0.15, 0.2) is 0 Å². The van der Waals surface area contributed by atoms with E-state index in [-0.39, 0.29) is 17.9 Å². The van der Waals surface area contributed by atoms with Crippen molar-refractivity contribution in [1.82, 2.24) is 10.6 Å². The highest BCUT2D eigenvalue weighted by atomic mass is 16.5. The largest absolute Gasteiger partial charge is 0.375 e. The first-order chi connectivity index (χ1) is 6.66. The van der Waals surface area contributed by atoms with Crippen molar-refractivity contribution in [2.45, 2.75) is 19.8 Å². The van der Waals surface area contributed by atoms with Gasteiger partial charge in [-0.2, -0.15) is 0 Å². The monoisotopic (exact) mass is 200 g/mol. The van der Waals surface area contributed by atoms with E-state index >= 15 is 0 Å². The fraction of sp³-hybridized carbons (Fsp3) is 0.900. The Balaban J connectivity index is 2.24. The Hall–Kier alpha value is -0.610. The van der Waals surface area contributed by atoms with Crippen molar-refractivity contribution in [3.05, 3.63) is 0 Å². The molecular weight excluding hydrogens is 180 g/mol. The molecule has 2 N–H and O–H groups in total. The van der Waals surface area contributed by atoms with Crippen LogP contribution in [0.3, 0.4) is 0 Å². The topological polar surface area (TPSA) is 50.4 Å². The Morgan fingerprint density at radius 3 is 2.71 bits per heavy atom. The molecule has 1 fully saturated rings. The number of carbonyl (C=O) groups is 1. The van der Waals surface area contributed by atoms with E-state index in [2.05, 4.69) is 17.6 Å². The van der Waals surface area contributed by atoms with Crippen molar-refractivity contribution in [3.63, 3.8) is 0 Å². The van der Waals surface area contributed by atoms with Crippen LogP contribution >= 0.6 is 0 Å². The summed E-state index contributed by atoms with van der Waals surface area (Å²) in [6, 6.07) is 0. The molecule has 1 aliphatic heterocycles. The van der Waals surface area contributed by atoms with E-state index in [4.69, 9.17) is 4.74 Å². The number of methoxy groups -OCH3 is 1. The van der Waals surface area contributed by atoms with Crippen LogP contribution in [0, 0.1) is 5.41 Å². The molecule has 0 atom stereocenters. The molecule has 0 aromatic rings. The van der Waals surface area contributed by atoms with Gasteiger partial charge in [0, 0.05) is 13.7 Å². The van der Waals surface area contributed by atoms with Gasteiger partial charge in [-0.15, -0.1) is 0 Å². The minimum atomic E-state index is -0.0211. The van der Waals surface area contributed by atoms with Gasteiger partial charge in [-0.1, -0.05) is 6.92 Å². The van der Waals surface area contributed by atoms with E-state index in [0.29, 0.717) is 0 Å². The summed E-state index contributed by atoms with van der Waals surface area (Å²) in [7, 11) is 1.53. The van der Waals surface area contributed by atoms with Crippen molar-refractivity contribution in [1.29, 1.82) is 0 Å². The summed E-state index contributed by atoms with van der Waals surface area (Å²) in [4.78, 5) is 11.2. The number of rotatable bonds is 4. The number of nitrogens with one attached hydrogen (secondary N) is 2. The molecular formula is C10H20N2O2. The summed E-state index contributed by atoms with van der Waals surface area (Å²) in [5.74, 6) is -0.0211. The van der Waals surface area contributed by atoms with Crippen LogP contribution in [-0.4, -0.2) is 39.3 Å². The number of amides is 1. The average molecular weight is 200 g/mol. The smallest absolute Gasteiger partial charge is 0.246 e. The third kappa shape index (κ3) is 3.64. The molecule has 1 rings (SSSR count). The zero-order valence-electron chi connectivity index (χ0n) is 9.06. The standard InChI is InChI=1S/C10H20N2O2/c1-10(3-5-11-6-4-10)8-12-9(13)7-14-2/h11H,3-8H2,1-2H3,(H,12,13). The first kappa shape index (κ1) is 11.5. The number of ether oxygens (including phenoxy) is 1. The molecule has 14 heavy (non-hydrogen) atoms. The molecule has 82 valence electrons. The second kappa shape index (κ2) is 5.32. The van der Waals surface area contributed by atoms with Crippen LogP contribution in [0.25, 0.3) is 0 Å². The summed E-state index contributed by atoms with van der Waals surface area (Å²) in [6.45, 7) is 5.25. The Morgan fingerprint density at radius 1 is 1.50 bits per heavy atom. The van der Waals surface area contributed by atoms with Gasteiger partial charge in [-0.3, -0.25) is 4.79 Å². The first-order valence-electron chi connectivity index (χ1n) is 5.13. The first-order valence-corrected chi connectivity index (χ1v) is 5.13. The molecule has 0 aliphatic carbocycles. The van der Waals surface area contributed by atoms with E-state index in [1.54, 1.807) is 0 Å². The molecule has 0 bridgehead atoms. The van der Waals surface area contributed by atoms with Gasteiger partial charge in [-0.05, 0) is 31.3 Å². The Bertz CT molecular complexity index is 189. The van der Waals surface area contributed by atoms with E-state index in [9.17, 15) is 4.79 Å². The lowest BCUT2D eigenvalue weighted by Gasteiger charge is -2.34. The minimum absolute atomic E-state index is 0.0211. The molecule has 1 amide bonds. The number of piperidine rings is 1. The van der Waals surface area contributed by atoms with Crippen LogP contribution in [0.1, 0.15) is 19.8 Å². The average Bonchev–Trinajstić information content (AvgIpc) is 2.17. The molecule has 4 heteroatoms. The maximum Gasteiger partial charge on any atom is 0.246 e. The lowest BCUT2D eigenvalue weighted by Crippen LogP contribution is -2.43. The zero-order chi connectivity index (χ0) is 10.4. The summed E-state index contributed by atoms with van der Waals surface area (Å²) >= 11 is 0. The second-order valence-corrected chi connectivity index (χ2v) is 4.27. The van der Waals surface area contributed by atoms with Gasteiger partial charge in [0.25, 0.3) is 0 Å². The maximum absolute atomic E-state index is 11.2. The molecule has 0 saturated carbocycles. The van der Waals surface area contributed by atoms with Gasteiger partial charge < -0.3 is 15.4 Å². The quantitative estimate of drug-likeness (QED) is 0.678. The molecule has 0 aromatic heterocycles. The zero-order valence-corrected chi connectivity index (χ0v) is 9.06. The fourth-order valence-electron chi connectivity index (χ4n) is 1.70. The summed E-state index contributed by atoms with van der Waals surface area (Å²) in [6.07, 6.45) is 2.25. The third-order valence-electron chi connectivity index (χ3n) is 2.80. The lowest BCUT2D eigenvalue weighted by molar-refractivity contribution is -0.125. The molecule has 1 aliphatic rings. The van der Waals surface area contributed by atoms with Crippen LogP contribution in [0.5, 0.6) is 0 Å². The SMILES string of the molecule is COCC(=O)NCC1(C)CCNCC1. The molecule has 1 heterocycles. The Morgan fingerprint density at radius 2 is 2.14 bits per heavy atom. The van der Waals surface area contributed by atoms with Gasteiger partial charge in [0.1, 0.15) is 6.61 Å². The number of hydrogen-bond donors (Lipinski definition) is 2. The van der Waals surface area contributed by atoms with Crippen molar-refractivity contribution >= 4 is 5.91 Å². The fourth-order valence-corrected chi connectivity index (χ4v) is 1.70. The highest BCUT2D eigenvalue weighted by Gasteiger charge is 2.26. The van der Waals surface area contributed by atoms with E-state index in [0.717, 1.165) is 32.5 Å². The minimum Gasteiger partial charge on any atom is -0.375 e. The highest BCUT2D eigenvalue weighted by Crippen LogP contribution is 2.26. The Kier molecular flexibility index (Phi) is 4.35. The second-order valence-electron chi connectivity index (χ2n) is 4.27. The van der Waals surface area contributed by atoms with Gasteiger partial charge in [0.05, 0.1) is 0 Å². The van der Waals surface area contributed by atoms with E-state index in [1.165, 1.54) is 7.11 Å². The van der Waals surface area contributed by atoms with Crippen molar-refractivity contribution in [2.75, 3.05) is 33.4 Å². The molecule has 0 aromatic carbocycles. The van der Waals surface area contributed by atoms with Gasteiger partial charge >= 0.3 is 0 Å². The van der Waals surface area contributed by atoms with Crippen LogP contribution in [0.15, 0.2) is 0 Å². The summed E-state index contributed by atoms with van der Waals surface area (Å²) in [5.41, 5.74) is 0.259. The van der Waals surface area contributed by atoms with Crippen LogP contribution in [0.2, 0.25) is 0 Å². The van der Waals surface area contributed by atoms with Gasteiger partial charge in [-0.25, -0.2) is 0 Å². The van der Waals surface area contributed by atoms with Crippen molar-refractivity contribution in [3.8, 4) is 0 Å². The molecule has 0 spiro atoms. The number of hydrogen-bond acceptors (Lipinski definition) is 3. The molecule has 4 nitrogen and oxygen atoms in total. The maximum atomic E-state index is 11.2. The number of carbonyl (C=O) groups excluding carboxylic acids is 1. The molecule has 0 radical (unpaired) electrons. The van der Waals surface area contributed by atoms with E-state index < -0.39 is 0 Å². The van der Waals surface area contributed by atoms with Crippen molar-refractivity contribution < 1.29 is 9.53 Å². The van der Waals surface area contributed by atoms with Crippen LogP contribution in [-0.2, 0) is 9.53 Å². The Labute approximate surface area is 85.4 Å². The predicted octanol–water partition coefficient (Wildman–Crippen LogP) is 0.139. The van der Waals surface area contributed by atoms with E-state index in [1.807, 2.05) is 0 Å².